The molecular weight excluding hydrogens is 903 g/mol. The van der Waals surface area contributed by atoms with E-state index in [1.54, 1.807) is 0 Å². The van der Waals surface area contributed by atoms with Gasteiger partial charge in [-0.15, -0.1) is 23.8 Å². The summed E-state index contributed by atoms with van der Waals surface area (Å²) in [4.78, 5) is 9.71. The Bertz CT molecular complexity index is 2690. The number of nitrogens with zero attached hydrogens (tertiary/aromatic N) is 3. The number of fused-ring (bicyclic) bond motifs is 5. The number of thiophene rings is 1. The van der Waals surface area contributed by atoms with Crippen LogP contribution in [0.15, 0.2) is 140 Å². The van der Waals surface area contributed by atoms with Gasteiger partial charge in [0.1, 0.15) is 0 Å². The first-order valence-electron chi connectivity index (χ1n) is 17.8. The molecule has 3 nitrogen and oxygen atoms in total. The van der Waals surface area contributed by atoms with Crippen LogP contribution in [0.25, 0.3) is 70.3 Å². The van der Waals surface area contributed by atoms with E-state index in [1.807, 2.05) is 23.5 Å². The average Bonchev–Trinajstić information content (AvgIpc) is 3.73. The van der Waals surface area contributed by atoms with Gasteiger partial charge in [0.05, 0.1) is 16.9 Å². The van der Waals surface area contributed by atoms with Gasteiger partial charge >= 0.3 is 123 Å². The van der Waals surface area contributed by atoms with Crippen LogP contribution in [0.5, 0.6) is 0 Å². The Morgan fingerprint density at radius 2 is 1.42 bits per heavy atom. The maximum atomic E-state index is 5.03. The van der Waals surface area contributed by atoms with Gasteiger partial charge in [-0.1, -0.05) is 68.6 Å². The fourth-order valence-electron chi connectivity index (χ4n) is 6.73. The summed E-state index contributed by atoms with van der Waals surface area (Å²) in [5, 5.41) is 5.00. The van der Waals surface area contributed by atoms with Gasteiger partial charge in [0.25, 0.3) is 0 Å². The first-order chi connectivity index (χ1) is 25.0. The third-order valence-corrected chi connectivity index (χ3v) is 15.1. The third kappa shape index (κ3) is 7.41. The first kappa shape index (κ1) is 36.9. The van der Waals surface area contributed by atoms with Crippen molar-refractivity contribution in [1.82, 2.24) is 14.5 Å². The molecule has 0 amide bonds. The van der Waals surface area contributed by atoms with Crippen molar-refractivity contribution in [3.05, 3.63) is 157 Å². The summed E-state index contributed by atoms with van der Waals surface area (Å²) in [5.41, 5.74) is 7.78. The van der Waals surface area contributed by atoms with E-state index in [2.05, 4.69) is 187 Å². The molecule has 265 valence electrons. The zero-order chi connectivity index (χ0) is 36.0. The summed E-state index contributed by atoms with van der Waals surface area (Å²) >= 11 is 0.0473. The monoisotopic (exact) mass is 946 g/mol. The second-order valence-electron chi connectivity index (χ2n) is 15.4. The number of benzene rings is 6. The number of hydrogen-bond acceptors (Lipinski definition) is 3. The molecule has 0 aliphatic rings. The van der Waals surface area contributed by atoms with Crippen LogP contribution in [-0.2, 0) is 25.5 Å². The second kappa shape index (κ2) is 14.8. The molecule has 3 aromatic heterocycles. The molecule has 0 bridgehead atoms. The summed E-state index contributed by atoms with van der Waals surface area (Å²) in [6.07, 6.45) is 2.06. The van der Waals surface area contributed by atoms with Crippen molar-refractivity contribution in [2.75, 3.05) is 0 Å². The van der Waals surface area contributed by atoms with E-state index in [4.69, 9.17) is 4.98 Å². The minimum absolute atomic E-state index is 0. The average molecular weight is 945 g/mol. The Morgan fingerprint density at radius 3 is 2.15 bits per heavy atom. The predicted molar refractivity (Wildman–Crippen MR) is 226 cm³/mol. The molecule has 0 atom stereocenters. The van der Waals surface area contributed by atoms with Crippen LogP contribution in [0.2, 0.25) is 17.3 Å². The van der Waals surface area contributed by atoms with Gasteiger partial charge in [-0.05, 0) is 51.4 Å². The summed E-state index contributed by atoms with van der Waals surface area (Å²) < 4.78 is 6.27. The Morgan fingerprint density at radius 1 is 0.698 bits per heavy atom. The Balaban J connectivity index is 0.000000179. The number of rotatable bonds is 4. The Kier molecular flexibility index (Phi) is 10.3. The van der Waals surface area contributed by atoms with E-state index in [-0.39, 0.29) is 25.5 Å². The van der Waals surface area contributed by atoms with Gasteiger partial charge in [0.2, 0.25) is 0 Å². The quantitative estimate of drug-likeness (QED) is 0.130. The number of aromatic nitrogens is 3. The van der Waals surface area contributed by atoms with Gasteiger partial charge in [0, 0.05) is 30.5 Å². The van der Waals surface area contributed by atoms with Crippen molar-refractivity contribution >= 4 is 71.0 Å². The van der Waals surface area contributed by atoms with E-state index in [9.17, 15) is 0 Å². The maximum absolute atomic E-state index is 5.03. The predicted octanol–water partition coefficient (Wildman–Crippen LogP) is 12.4. The maximum Gasteiger partial charge on any atom is 0 e. The summed E-state index contributed by atoms with van der Waals surface area (Å²) in [7, 11) is 0. The Hall–Kier alpha value is -4.39. The molecular formula is C47H41GeIrN3S-2. The molecule has 9 aromatic rings. The first-order valence-corrected chi connectivity index (χ1v) is 26.0. The summed E-state index contributed by atoms with van der Waals surface area (Å²) in [6.45, 7) is 6.74. The largest absolute Gasteiger partial charge is 0 e. The smallest absolute Gasteiger partial charge is 0 e. The van der Waals surface area contributed by atoms with Crippen LogP contribution in [0, 0.1) is 12.1 Å². The van der Waals surface area contributed by atoms with Gasteiger partial charge in [-0.3, -0.25) is 4.98 Å². The molecule has 0 fully saturated rings. The SMILES string of the molecule is CC(C)(C)c1ccc(-n2c(-c3[c-]cc4c(c3)sc3ccccc34)nc3ccccc32)cc1.[CH3][Ge]([CH3])([CH3])[c]1ccc(-c2[c-]ccc3ccccc23)nc1.[Ir]. The number of pyridine rings is 1. The number of imidazole rings is 1. The van der Waals surface area contributed by atoms with Crippen LogP contribution in [0.1, 0.15) is 26.3 Å². The van der Waals surface area contributed by atoms with E-state index < -0.39 is 13.3 Å². The second-order valence-corrected chi connectivity index (χ2v) is 27.1. The molecule has 0 spiro atoms. The molecule has 6 aromatic carbocycles. The molecule has 0 aliphatic carbocycles. The Labute approximate surface area is 332 Å². The fourth-order valence-corrected chi connectivity index (χ4v) is 10.0. The normalized spacial score (nSPS) is 11.8. The molecule has 1 radical (unpaired) electrons. The molecule has 3 heterocycles. The van der Waals surface area contributed by atoms with Crippen molar-refractivity contribution in [3.8, 4) is 28.3 Å². The zero-order valence-corrected chi connectivity index (χ0v) is 36.2. The zero-order valence-electron chi connectivity index (χ0n) is 30.9. The van der Waals surface area contributed by atoms with Crippen LogP contribution < -0.4 is 4.40 Å². The molecule has 6 heteroatoms. The van der Waals surface area contributed by atoms with Crippen molar-refractivity contribution in [2.45, 2.75) is 43.5 Å². The van der Waals surface area contributed by atoms with E-state index in [0.29, 0.717) is 0 Å². The van der Waals surface area contributed by atoms with Gasteiger partial charge in [0.15, 0.2) is 0 Å². The summed E-state index contributed by atoms with van der Waals surface area (Å²) in [5.74, 6) is 8.09. The van der Waals surface area contributed by atoms with E-state index in [1.165, 1.54) is 40.9 Å². The van der Waals surface area contributed by atoms with Crippen LogP contribution in [-0.4, -0.2) is 27.8 Å². The van der Waals surface area contributed by atoms with Crippen LogP contribution >= 0.6 is 11.3 Å². The number of para-hydroxylation sites is 2. The van der Waals surface area contributed by atoms with E-state index >= 15 is 0 Å². The third-order valence-electron chi connectivity index (χ3n) is 9.71. The standard InChI is InChI=1S/C29H23N2S.C18H18GeN.Ir/c1-29(2,3)20-13-15-21(16-14-20)31-25-10-6-5-9-24(25)30-28(31)19-12-17-23-22-8-4-7-11-26(22)32-27(23)18-19;1-19(2,3)15-11-12-18(20-13-15)17-10-6-8-14-7-4-5-9-16(14)17;/h4-11,13-18H,1-3H3;4-9,11-13H,1-3H3;/q2*-1;. The molecule has 9 rings (SSSR count). The molecule has 0 saturated carbocycles. The van der Waals surface area contributed by atoms with Gasteiger partial charge in [-0.2, -0.15) is 11.3 Å². The number of hydrogen-bond donors (Lipinski definition) is 0. The van der Waals surface area contributed by atoms with Crippen molar-refractivity contribution in [2.24, 2.45) is 0 Å². The molecule has 0 aliphatic heterocycles. The van der Waals surface area contributed by atoms with Crippen molar-refractivity contribution in [1.29, 1.82) is 0 Å². The topological polar surface area (TPSA) is 30.7 Å². The molecule has 53 heavy (non-hydrogen) atoms. The summed E-state index contributed by atoms with van der Waals surface area (Å²) in [6, 6.07) is 53.9. The van der Waals surface area contributed by atoms with Gasteiger partial charge < -0.3 is 4.57 Å². The molecule has 0 unspecified atom stereocenters. The molecule has 0 saturated heterocycles. The molecule has 0 N–H and O–H groups in total. The fraction of sp³-hybridized carbons (Fsp3) is 0.149. The van der Waals surface area contributed by atoms with Crippen LogP contribution in [0.3, 0.4) is 0 Å². The minimum Gasteiger partial charge on any atom is 0 e. The van der Waals surface area contributed by atoms with Gasteiger partial charge in [-0.25, -0.2) is 0 Å². The van der Waals surface area contributed by atoms with Crippen LogP contribution in [0.4, 0.5) is 0 Å². The minimum atomic E-state index is -1.78. The van der Waals surface area contributed by atoms with Crippen molar-refractivity contribution < 1.29 is 20.1 Å². The van der Waals surface area contributed by atoms with E-state index in [0.717, 1.165) is 39.4 Å². The van der Waals surface area contributed by atoms with Crippen molar-refractivity contribution in [3.63, 3.8) is 0 Å².